The van der Waals surface area contributed by atoms with E-state index >= 15 is 0 Å². The molecule has 1 heterocycles. The van der Waals surface area contributed by atoms with E-state index in [1.807, 2.05) is 30.3 Å². The molecular formula is C29H32N4O4S. The van der Waals surface area contributed by atoms with Gasteiger partial charge in [0.1, 0.15) is 0 Å². The SMILES string of the molecule is CS(=O)(=O)Nc1cccc(C=CCN2CCN(C3c4ccccc4CCc4ccc([N+](=O)[O-])cc43)CC2)c1. The minimum Gasteiger partial charge on any atom is -0.297 e. The summed E-state index contributed by atoms with van der Waals surface area (Å²) >= 11 is 0. The highest BCUT2D eigenvalue weighted by Gasteiger charge is 2.32. The number of hydrogen-bond acceptors (Lipinski definition) is 6. The number of anilines is 1. The molecule has 1 aliphatic carbocycles. The number of hydrogen-bond donors (Lipinski definition) is 1. The van der Waals surface area contributed by atoms with Gasteiger partial charge in [0.15, 0.2) is 0 Å². The van der Waals surface area contributed by atoms with Crippen LogP contribution in [0.3, 0.4) is 0 Å². The zero-order chi connectivity index (χ0) is 26.7. The van der Waals surface area contributed by atoms with E-state index in [9.17, 15) is 18.5 Å². The van der Waals surface area contributed by atoms with Gasteiger partial charge in [-0.2, -0.15) is 0 Å². The lowest BCUT2D eigenvalue weighted by Crippen LogP contribution is -2.47. The van der Waals surface area contributed by atoms with E-state index in [1.54, 1.807) is 18.2 Å². The second kappa shape index (κ2) is 11.1. The Kier molecular flexibility index (Phi) is 7.60. The van der Waals surface area contributed by atoms with Crippen molar-refractivity contribution < 1.29 is 13.3 Å². The molecule has 9 heteroatoms. The Morgan fingerprint density at radius 1 is 0.947 bits per heavy atom. The van der Waals surface area contributed by atoms with Gasteiger partial charge in [-0.05, 0) is 52.8 Å². The summed E-state index contributed by atoms with van der Waals surface area (Å²) in [5, 5.41) is 11.6. The zero-order valence-corrected chi connectivity index (χ0v) is 22.2. The minimum absolute atomic E-state index is 0.00590. The molecule has 0 bridgehead atoms. The summed E-state index contributed by atoms with van der Waals surface area (Å²) in [4.78, 5) is 16.1. The monoisotopic (exact) mass is 532 g/mol. The number of aryl methyl sites for hydroxylation is 2. The lowest BCUT2D eigenvalue weighted by Gasteiger charge is -2.40. The lowest BCUT2D eigenvalue weighted by atomic mass is 9.92. The maximum absolute atomic E-state index is 11.6. The van der Waals surface area contributed by atoms with Gasteiger partial charge in [-0.1, -0.05) is 54.6 Å². The first-order chi connectivity index (χ1) is 18.3. The van der Waals surface area contributed by atoms with Gasteiger partial charge in [-0.3, -0.25) is 24.6 Å². The Bertz CT molecular complexity index is 1460. The molecule has 0 radical (unpaired) electrons. The quantitative estimate of drug-likeness (QED) is 0.356. The van der Waals surface area contributed by atoms with Crippen molar-refractivity contribution in [2.45, 2.75) is 18.9 Å². The second-order valence-corrected chi connectivity index (χ2v) is 11.7. The highest BCUT2D eigenvalue weighted by Crippen LogP contribution is 2.38. The predicted molar refractivity (Wildman–Crippen MR) is 151 cm³/mol. The van der Waals surface area contributed by atoms with E-state index in [0.29, 0.717) is 5.69 Å². The van der Waals surface area contributed by atoms with Gasteiger partial charge >= 0.3 is 0 Å². The summed E-state index contributed by atoms with van der Waals surface area (Å²) in [5.74, 6) is 0. The first-order valence-corrected chi connectivity index (χ1v) is 14.7. The number of nitrogens with one attached hydrogen (secondary N) is 1. The molecule has 1 fully saturated rings. The molecule has 0 aromatic heterocycles. The van der Waals surface area contributed by atoms with Crippen LogP contribution in [0.1, 0.15) is 33.9 Å². The first kappa shape index (κ1) is 26.1. The van der Waals surface area contributed by atoms with Gasteiger partial charge in [-0.15, -0.1) is 0 Å². The Morgan fingerprint density at radius 2 is 1.68 bits per heavy atom. The third kappa shape index (κ3) is 6.12. The lowest BCUT2D eigenvalue weighted by molar-refractivity contribution is -0.385. The van der Waals surface area contributed by atoms with Crippen molar-refractivity contribution in [2.75, 3.05) is 43.7 Å². The number of piperazine rings is 1. The summed E-state index contributed by atoms with van der Waals surface area (Å²) in [7, 11) is -3.31. The predicted octanol–water partition coefficient (Wildman–Crippen LogP) is 4.49. The van der Waals surface area contributed by atoms with E-state index in [1.165, 1.54) is 16.7 Å². The van der Waals surface area contributed by atoms with Crippen molar-refractivity contribution >= 4 is 27.5 Å². The van der Waals surface area contributed by atoms with Crippen LogP contribution in [0, 0.1) is 10.1 Å². The van der Waals surface area contributed by atoms with Crippen molar-refractivity contribution in [3.8, 4) is 0 Å². The van der Waals surface area contributed by atoms with E-state index in [0.717, 1.165) is 62.9 Å². The molecule has 1 N–H and O–H groups in total. The summed E-state index contributed by atoms with van der Waals surface area (Å²) in [5.41, 5.74) is 6.44. The highest BCUT2D eigenvalue weighted by atomic mass is 32.2. The number of sulfonamides is 1. The van der Waals surface area contributed by atoms with Crippen LogP contribution in [-0.2, 0) is 22.9 Å². The topological polar surface area (TPSA) is 95.8 Å². The van der Waals surface area contributed by atoms with Crippen molar-refractivity contribution in [1.29, 1.82) is 0 Å². The molecule has 8 nitrogen and oxygen atoms in total. The molecular weight excluding hydrogens is 500 g/mol. The molecule has 1 aliphatic heterocycles. The molecule has 1 saturated heterocycles. The molecule has 2 aliphatic rings. The number of benzene rings is 3. The number of non-ortho nitro benzene ring substituents is 1. The number of nitro benzene ring substituents is 1. The maximum Gasteiger partial charge on any atom is 0.269 e. The average molecular weight is 533 g/mol. The molecule has 3 aromatic rings. The smallest absolute Gasteiger partial charge is 0.269 e. The van der Waals surface area contributed by atoms with Crippen molar-refractivity contribution in [1.82, 2.24) is 9.80 Å². The molecule has 3 aromatic carbocycles. The number of nitrogens with zero attached hydrogens (tertiary/aromatic N) is 3. The number of nitro groups is 1. The average Bonchev–Trinajstić information content (AvgIpc) is 3.05. The van der Waals surface area contributed by atoms with Crippen LogP contribution in [0.25, 0.3) is 6.08 Å². The Balaban J connectivity index is 1.29. The standard InChI is InChI=1S/C29H32N4O4S/c1-38(36,37)30-25-9-4-6-22(20-25)7-5-15-31-16-18-32(19-17-31)29-27-10-3-2-8-23(27)11-12-24-13-14-26(33(34)35)21-28(24)29/h2-10,13-14,20-21,29-30H,11-12,15-19H2,1H3. The summed E-state index contributed by atoms with van der Waals surface area (Å²) in [6.45, 7) is 4.30. The molecule has 1 unspecified atom stereocenters. The fourth-order valence-electron chi connectivity index (χ4n) is 5.50. The Hall–Kier alpha value is -3.53. The third-order valence-corrected chi connectivity index (χ3v) is 7.89. The van der Waals surface area contributed by atoms with Crippen molar-refractivity contribution in [3.05, 3.63) is 111 Å². The van der Waals surface area contributed by atoms with Gasteiger partial charge in [0, 0.05) is 50.5 Å². The normalized spacial score (nSPS) is 18.5. The molecule has 5 rings (SSSR count). The molecule has 0 amide bonds. The molecule has 0 saturated carbocycles. The van der Waals surface area contributed by atoms with Crippen molar-refractivity contribution in [3.63, 3.8) is 0 Å². The number of rotatable bonds is 7. The van der Waals surface area contributed by atoms with E-state index in [4.69, 9.17) is 0 Å². The van der Waals surface area contributed by atoms with Gasteiger partial charge < -0.3 is 0 Å². The van der Waals surface area contributed by atoms with Crippen LogP contribution >= 0.6 is 0 Å². The van der Waals surface area contributed by atoms with Crippen LogP contribution < -0.4 is 4.72 Å². The fraction of sp³-hybridized carbons (Fsp3) is 0.310. The minimum atomic E-state index is -3.31. The van der Waals surface area contributed by atoms with E-state index < -0.39 is 10.0 Å². The van der Waals surface area contributed by atoms with Gasteiger partial charge in [-0.25, -0.2) is 8.42 Å². The summed E-state index contributed by atoms with van der Waals surface area (Å²) < 4.78 is 25.5. The Labute approximate surface area is 223 Å². The van der Waals surface area contributed by atoms with Gasteiger partial charge in [0.05, 0.1) is 17.2 Å². The molecule has 0 spiro atoms. The van der Waals surface area contributed by atoms with Crippen LogP contribution in [0.15, 0.2) is 72.8 Å². The van der Waals surface area contributed by atoms with Crippen LogP contribution in [0.2, 0.25) is 0 Å². The number of fused-ring (bicyclic) bond motifs is 2. The molecule has 38 heavy (non-hydrogen) atoms. The van der Waals surface area contributed by atoms with Crippen molar-refractivity contribution in [2.24, 2.45) is 0 Å². The zero-order valence-electron chi connectivity index (χ0n) is 21.4. The first-order valence-electron chi connectivity index (χ1n) is 12.8. The Morgan fingerprint density at radius 3 is 2.42 bits per heavy atom. The summed E-state index contributed by atoms with van der Waals surface area (Å²) in [6, 6.07) is 21.2. The third-order valence-electron chi connectivity index (χ3n) is 7.28. The van der Waals surface area contributed by atoms with Gasteiger partial charge in [0.25, 0.3) is 5.69 Å². The molecule has 1 atom stereocenters. The van der Waals surface area contributed by atoms with Gasteiger partial charge in [0.2, 0.25) is 10.0 Å². The van der Waals surface area contributed by atoms with E-state index in [-0.39, 0.29) is 16.7 Å². The highest BCUT2D eigenvalue weighted by molar-refractivity contribution is 7.92. The largest absolute Gasteiger partial charge is 0.297 e. The summed E-state index contributed by atoms with van der Waals surface area (Å²) in [6.07, 6.45) is 7.07. The molecule has 198 valence electrons. The van der Waals surface area contributed by atoms with Crippen LogP contribution in [0.4, 0.5) is 11.4 Å². The fourth-order valence-corrected chi connectivity index (χ4v) is 6.05. The van der Waals surface area contributed by atoms with E-state index in [2.05, 4.69) is 44.9 Å². The van der Waals surface area contributed by atoms with Crippen LogP contribution in [-0.4, -0.2) is 62.1 Å². The maximum atomic E-state index is 11.6. The van der Waals surface area contributed by atoms with Crippen LogP contribution in [0.5, 0.6) is 0 Å². The second-order valence-electron chi connectivity index (χ2n) is 9.98.